The van der Waals surface area contributed by atoms with Crippen molar-refractivity contribution >= 4 is 5.97 Å². The fraction of sp³-hybridized carbons (Fsp3) is 0.889. The van der Waals surface area contributed by atoms with Crippen molar-refractivity contribution in [3.8, 4) is 0 Å². The highest BCUT2D eigenvalue weighted by Crippen LogP contribution is 2.37. The van der Waals surface area contributed by atoms with Crippen LogP contribution in [0.5, 0.6) is 0 Å². The van der Waals surface area contributed by atoms with Gasteiger partial charge in [0.05, 0.1) is 5.41 Å². The molecule has 0 aliphatic rings. The van der Waals surface area contributed by atoms with Crippen LogP contribution in [0.25, 0.3) is 0 Å². The van der Waals surface area contributed by atoms with Gasteiger partial charge in [0.2, 0.25) is 0 Å². The molecule has 0 rings (SSSR count). The maximum atomic E-state index is 12.1. The van der Waals surface area contributed by atoms with Crippen LogP contribution in [0.4, 0.5) is 26.3 Å². The van der Waals surface area contributed by atoms with Gasteiger partial charge in [-0.25, -0.2) is 0 Å². The number of alkyl halides is 6. The molecule has 1 unspecified atom stereocenters. The Morgan fingerprint density at radius 3 is 1.78 bits per heavy atom. The molecule has 9 heteroatoms. The molecule has 0 saturated heterocycles. The average Bonchev–Trinajstić information content (AvgIpc) is 2.21. The highest BCUT2D eigenvalue weighted by Gasteiger charge is 2.60. The maximum Gasteiger partial charge on any atom is 0.434 e. The van der Waals surface area contributed by atoms with Crippen molar-refractivity contribution in [2.24, 2.45) is 11.1 Å². The molecule has 1 atom stereocenters. The summed E-state index contributed by atoms with van der Waals surface area (Å²) in [5.74, 6) is -1.62. The number of halogens is 6. The number of carbonyl (C=O) groups is 1. The van der Waals surface area contributed by atoms with Gasteiger partial charge in [-0.15, -0.1) is 0 Å². The van der Waals surface area contributed by atoms with Crippen LogP contribution in [-0.4, -0.2) is 31.0 Å². The first-order valence-electron chi connectivity index (χ1n) is 4.93. The van der Waals surface area contributed by atoms with Crippen LogP contribution in [0.1, 0.15) is 20.3 Å². The third-order valence-corrected chi connectivity index (χ3v) is 2.54. The molecule has 2 N–H and O–H groups in total. The van der Waals surface area contributed by atoms with Gasteiger partial charge in [0.1, 0.15) is 0 Å². The first-order valence-corrected chi connectivity index (χ1v) is 4.93. The first kappa shape index (κ1) is 17.0. The Hall–Kier alpha value is -0.990. The van der Waals surface area contributed by atoms with Crippen LogP contribution in [0.2, 0.25) is 0 Å². The molecule has 18 heavy (non-hydrogen) atoms. The molecule has 0 radical (unpaired) electrons. The number of rotatable bonds is 4. The van der Waals surface area contributed by atoms with Crippen LogP contribution in [0.15, 0.2) is 0 Å². The predicted octanol–water partition coefficient (Wildman–Crippen LogP) is 2.40. The molecule has 0 aliphatic carbocycles. The zero-order chi connectivity index (χ0) is 14.8. The molecule has 0 fully saturated rings. The highest BCUT2D eigenvalue weighted by molar-refractivity contribution is 5.76. The van der Waals surface area contributed by atoms with E-state index in [1.807, 2.05) is 0 Å². The predicted molar refractivity (Wildman–Crippen MR) is 49.4 cm³/mol. The lowest BCUT2D eigenvalue weighted by Crippen LogP contribution is -2.49. The average molecular weight is 281 g/mol. The Labute approximate surface area is 99.3 Å². The summed E-state index contributed by atoms with van der Waals surface area (Å²) in [6.07, 6.45) is -15.6. The Bertz CT molecular complexity index is 280. The summed E-state index contributed by atoms with van der Waals surface area (Å²) in [6.45, 7) is 2.13. The topological polar surface area (TPSA) is 52.3 Å². The van der Waals surface area contributed by atoms with E-state index in [9.17, 15) is 31.1 Å². The normalized spacial score (nSPS) is 16.6. The minimum absolute atomic E-state index is 0.0369. The molecular formula is C9H13F6NO2. The van der Waals surface area contributed by atoms with E-state index in [-0.39, 0.29) is 6.42 Å². The summed E-state index contributed by atoms with van der Waals surface area (Å²) in [4.78, 5) is 11.3. The molecule has 0 saturated carbocycles. The van der Waals surface area contributed by atoms with Crippen molar-refractivity contribution in [3.05, 3.63) is 0 Å². The standard InChI is InChI=1S/C9H13F6NO2/c1-3-7(2,4-16)6(17)18-5(8(10,11)12)9(13,14)15/h5H,3-4,16H2,1-2H3. The highest BCUT2D eigenvalue weighted by atomic mass is 19.4. The lowest BCUT2D eigenvalue weighted by atomic mass is 9.88. The van der Waals surface area contributed by atoms with Crippen LogP contribution < -0.4 is 5.73 Å². The third kappa shape index (κ3) is 4.04. The Balaban J connectivity index is 5.09. The maximum absolute atomic E-state index is 12.1. The van der Waals surface area contributed by atoms with Gasteiger partial charge in [-0.2, -0.15) is 26.3 Å². The van der Waals surface area contributed by atoms with Crippen molar-refractivity contribution in [1.82, 2.24) is 0 Å². The van der Waals surface area contributed by atoms with Crippen molar-refractivity contribution in [1.29, 1.82) is 0 Å². The SMILES string of the molecule is CCC(C)(CN)C(=O)OC(C(F)(F)F)C(F)(F)F. The molecule has 0 aromatic heterocycles. The monoisotopic (exact) mass is 281 g/mol. The minimum Gasteiger partial charge on any atom is -0.442 e. The zero-order valence-corrected chi connectivity index (χ0v) is 9.65. The first-order chi connectivity index (χ1) is 7.88. The quantitative estimate of drug-likeness (QED) is 0.636. The largest absolute Gasteiger partial charge is 0.442 e. The Morgan fingerprint density at radius 2 is 1.56 bits per heavy atom. The van der Waals surface area contributed by atoms with Crippen LogP contribution in [0.3, 0.4) is 0 Å². The summed E-state index contributed by atoms with van der Waals surface area (Å²) in [5.41, 5.74) is 3.57. The van der Waals surface area contributed by atoms with Crippen molar-refractivity contribution in [3.63, 3.8) is 0 Å². The van der Waals surface area contributed by atoms with E-state index in [0.717, 1.165) is 6.92 Å². The summed E-state index contributed by atoms with van der Waals surface area (Å²) in [7, 11) is 0. The molecule has 0 aromatic rings. The number of ether oxygens (including phenoxy) is 1. The second kappa shape index (κ2) is 5.33. The lowest BCUT2D eigenvalue weighted by Gasteiger charge is -2.29. The molecule has 0 amide bonds. The van der Waals surface area contributed by atoms with E-state index in [2.05, 4.69) is 4.74 Å². The number of esters is 1. The van der Waals surface area contributed by atoms with Crippen molar-refractivity contribution in [2.75, 3.05) is 6.54 Å². The van der Waals surface area contributed by atoms with E-state index in [1.54, 1.807) is 0 Å². The van der Waals surface area contributed by atoms with E-state index in [1.165, 1.54) is 6.92 Å². The van der Waals surface area contributed by atoms with Gasteiger partial charge in [0, 0.05) is 6.54 Å². The fourth-order valence-electron chi connectivity index (χ4n) is 0.941. The molecule has 3 nitrogen and oxygen atoms in total. The van der Waals surface area contributed by atoms with Crippen molar-refractivity contribution in [2.45, 2.75) is 38.7 Å². The van der Waals surface area contributed by atoms with Crippen LogP contribution >= 0.6 is 0 Å². The van der Waals surface area contributed by atoms with Crippen LogP contribution in [0, 0.1) is 5.41 Å². The third-order valence-electron chi connectivity index (χ3n) is 2.54. The number of nitrogens with two attached hydrogens (primary N) is 1. The number of carbonyl (C=O) groups excluding carboxylic acids is 1. The van der Waals surface area contributed by atoms with E-state index in [0.29, 0.717) is 0 Å². The number of hydrogen-bond donors (Lipinski definition) is 1. The Kier molecular flexibility index (Phi) is 5.04. The summed E-state index contributed by atoms with van der Waals surface area (Å²) < 4.78 is 76.4. The van der Waals surface area contributed by atoms with E-state index >= 15 is 0 Å². The van der Waals surface area contributed by atoms with Gasteiger partial charge in [-0.3, -0.25) is 4.79 Å². The molecule has 0 aliphatic heterocycles. The van der Waals surface area contributed by atoms with E-state index in [4.69, 9.17) is 5.73 Å². The summed E-state index contributed by atoms with van der Waals surface area (Å²) in [5, 5.41) is 0. The van der Waals surface area contributed by atoms with Crippen LogP contribution in [-0.2, 0) is 9.53 Å². The summed E-state index contributed by atoms with van der Waals surface area (Å²) >= 11 is 0. The van der Waals surface area contributed by atoms with Gasteiger partial charge in [0.25, 0.3) is 6.10 Å². The molecule has 108 valence electrons. The summed E-state index contributed by atoms with van der Waals surface area (Å²) in [6, 6.07) is 0. The minimum atomic E-state index is -5.71. The number of hydrogen-bond acceptors (Lipinski definition) is 3. The molecule has 0 heterocycles. The molecular weight excluding hydrogens is 268 g/mol. The van der Waals surface area contributed by atoms with Gasteiger partial charge in [0.15, 0.2) is 0 Å². The van der Waals surface area contributed by atoms with Crippen molar-refractivity contribution < 1.29 is 35.9 Å². The smallest absolute Gasteiger partial charge is 0.434 e. The van der Waals surface area contributed by atoms with E-state index < -0.39 is 36.4 Å². The second-order valence-corrected chi connectivity index (χ2v) is 3.99. The second-order valence-electron chi connectivity index (χ2n) is 3.99. The molecule has 0 bridgehead atoms. The fourth-order valence-corrected chi connectivity index (χ4v) is 0.941. The molecule has 0 spiro atoms. The Morgan fingerprint density at radius 1 is 1.17 bits per heavy atom. The lowest BCUT2D eigenvalue weighted by molar-refractivity contribution is -0.315. The molecule has 0 aromatic carbocycles. The van der Waals surface area contributed by atoms with Gasteiger partial charge >= 0.3 is 18.3 Å². The van der Waals surface area contributed by atoms with Gasteiger partial charge in [-0.1, -0.05) is 6.92 Å². The zero-order valence-electron chi connectivity index (χ0n) is 9.65. The van der Waals surface area contributed by atoms with Gasteiger partial charge in [-0.05, 0) is 13.3 Å². The van der Waals surface area contributed by atoms with Gasteiger partial charge < -0.3 is 10.5 Å².